The van der Waals surface area contributed by atoms with Crippen molar-refractivity contribution in [1.29, 1.82) is 0 Å². The summed E-state index contributed by atoms with van der Waals surface area (Å²) < 4.78 is 38.3. The van der Waals surface area contributed by atoms with E-state index in [1.54, 1.807) is 31.4 Å². The van der Waals surface area contributed by atoms with Gasteiger partial charge < -0.3 is 14.6 Å². The number of carboxylic acid groups (broad SMARTS) is 1. The van der Waals surface area contributed by atoms with E-state index in [4.69, 9.17) is 9.47 Å². The first-order valence-electron chi connectivity index (χ1n) is 10.9. The quantitative estimate of drug-likeness (QED) is 0.522. The van der Waals surface area contributed by atoms with Crippen LogP contribution >= 0.6 is 0 Å². The van der Waals surface area contributed by atoms with E-state index in [9.17, 15) is 18.3 Å². The van der Waals surface area contributed by atoms with Crippen molar-refractivity contribution in [2.45, 2.75) is 30.2 Å². The molecule has 1 atom stereocenters. The van der Waals surface area contributed by atoms with Crippen LogP contribution in [0.4, 0.5) is 0 Å². The van der Waals surface area contributed by atoms with Crippen LogP contribution in [0.2, 0.25) is 0 Å². The van der Waals surface area contributed by atoms with E-state index in [0.29, 0.717) is 24.5 Å². The summed E-state index contributed by atoms with van der Waals surface area (Å²) in [5, 5.41) is 9.60. The van der Waals surface area contributed by atoms with E-state index in [1.807, 2.05) is 42.5 Å². The zero-order valence-electron chi connectivity index (χ0n) is 19.1. The lowest BCUT2D eigenvalue weighted by molar-refractivity contribution is -0.137. The minimum atomic E-state index is -3.67. The maximum absolute atomic E-state index is 13.2. The molecule has 0 saturated heterocycles. The first-order valence-corrected chi connectivity index (χ1v) is 12.4. The first kappa shape index (κ1) is 23.8. The molecular formula is C26H27NO6S. The number of fused-ring (bicyclic) bond motifs is 1. The molecule has 0 bridgehead atoms. The van der Waals surface area contributed by atoms with Gasteiger partial charge in [-0.05, 0) is 65.1 Å². The summed E-state index contributed by atoms with van der Waals surface area (Å²) in [4.78, 5) is 11.9. The van der Waals surface area contributed by atoms with Crippen molar-refractivity contribution in [3.05, 3.63) is 89.0 Å². The SMILES string of the molecule is COc1ccc(C(CC(=O)O)c2cccc3c2CCN(S(=O)(=O)c2ccc(OC)cc2)C3)cc1. The molecule has 1 unspecified atom stereocenters. The van der Waals surface area contributed by atoms with Crippen molar-refractivity contribution in [3.63, 3.8) is 0 Å². The van der Waals surface area contributed by atoms with Gasteiger partial charge in [-0.3, -0.25) is 4.79 Å². The second kappa shape index (κ2) is 9.87. The number of aliphatic carboxylic acids is 1. The fourth-order valence-electron chi connectivity index (χ4n) is 4.46. The molecule has 1 aliphatic heterocycles. The Morgan fingerprint density at radius 3 is 2.18 bits per heavy atom. The maximum atomic E-state index is 13.2. The van der Waals surface area contributed by atoms with E-state index in [0.717, 1.165) is 22.3 Å². The Bertz CT molecular complexity index is 1270. The highest BCUT2D eigenvalue weighted by Gasteiger charge is 2.31. The highest BCUT2D eigenvalue weighted by Crippen LogP contribution is 2.36. The Morgan fingerprint density at radius 1 is 0.971 bits per heavy atom. The molecule has 1 heterocycles. The monoisotopic (exact) mass is 481 g/mol. The van der Waals surface area contributed by atoms with Crippen LogP contribution in [-0.4, -0.2) is 44.6 Å². The second-order valence-electron chi connectivity index (χ2n) is 8.17. The summed E-state index contributed by atoms with van der Waals surface area (Å²) in [7, 11) is -0.552. The highest BCUT2D eigenvalue weighted by atomic mass is 32.2. The largest absolute Gasteiger partial charge is 0.497 e. The fourth-order valence-corrected chi connectivity index (χ4v) is 5.88. The highest BCUT2D eigenvalue weighted by molar-refractivity contribution is 7.89. The molecule has 0 saturated carbocycles. The third kappa shape index (κ3) is 4.78. The summed E-state index contributed by atoms with van der Waals surface area (Å²) in [6.45, 7) is 0.556. The maximum Gasteiger partial charge on any atom is 0.304 e. The molecule has 7 nitrogen and oxygen atoms in total. The molecule has 3 aromatic carbocycles. The molecular weight excluding hydrogens is 454 g/mol. The van der Waals surface area contributed by atoms with E-state index >= 15 is 0 Å². The first-order chi connectivity index (χ1) is 16.3. The number of ether oxygens (including phenoxy) is 2. The molecule has 0 fully saturated rings. The van der Waals surface area contributed by atoms with Crippen LogP contribution in [0.25, 0.3) is 0 Å². The number of rotatable bonds is 8. The van der Waals surface area contributed by atoms with Gasteiger partial charge in [0.05, 0.1) is 25.5 Å². The topological polar surface area (TPSA) is 93.1 Å². The zero-order chi connectivity index (χ0) is 24.3. The summed E-state index contributed by atoms with van der Waals surface area (Å²) in [5.41, 5.74) is 3.71. The van der Waals surface area contributed by atoms with Gasteiger partial charge in [0, 0.05) is 19.0 Å². The number of nitrogens with zero attached hydrogens (tertiary/aromatic N) is 1. The number of methoxy groups -OCH3 is 2. The third-order valence-electron chi connectivity index (χ3n) is 6.24. The predicted molar refractivity (Wildman–Crippen MR) is 128 cm³/mol. The smallest absolute Gasteiger partial charge is 0.304 e. The Morgan fingerprint density at radius 2 is 1.59 bits per heavy atom. The van der Waals surface area contributed by atoms with Gasteiger partial charge >= 0.3 is 5.97 Å². The number of hydrogen-bond donors (Lipinski definition) is 1. The Labute approximate surface area is 199 Å². The summed E-state index contributed by atoms with van der Waals surface area (Å²) in [5.74, 6) is 0.0592. The molecule has 0 amide bonds. The lowest BCUT2D eigenvalue weighted by atomic mass is 9.82. The molecule has 3 aromatic rings. The van der Waals surface area contributed by atoms with Crippen LogP contribution in [0.5, 0.6) is 11.5 Å². The van der Waals surface area contributed by atoms with Crippen LogP contribution < -0.4 is 9.47 Å². The van der Waals surface area contributed by atoms with Gasteiger partial charge in [0.25, 0.3) is 0 Å². The number of carboxylic acids is 1. The summed E-state index contributed by atoms with van der Waals surface area (Å²) in [6, 6.07) is 19.5. The van der Waals surface area contributed by atoms with E-state index in [2.05, 4.69) is 0 Å². The van der Waals surface area contributed by atoms with Crippen molar-refractivity contribution in [3.8, 4) is 11.5 Å². The summed E-state index contributed by atoms with van der Waals surface area (Å²) >= 11 is 0. The van der Waals surface area contributed by atoms with Crippen molar-refractivity contribution in [2.75, 3.05) is 20.8 Å². The standard InChI is InChI=1S/C26H27NO6S/c1-32-20-8-6-18(7-9-20)25(16-26(28)29)24-5-3-4-19-17-27(15-14-23(19)24)34(30,31)22-12-10-21(33-2)11-13-22/h3-13,25H,14-17H2,1-2H3,(H,28,29). The molecule has 4 rings (SSSR count). The van der Waals surface area contributed by atoms with Gasteiger partial charge in [-0.25, -0.2) is 8.42 Å². The van der Waals surface area contributed by atoms with Crippen molar-refractivity contribution < 1.29 is 27.8 Å². The number of carbonyl (C=O) groups is 1. The van der Waals surface area contributed by atoms with Crippen LogP contribution in [-0.2, 0) is 27.8 Å². The number of hydrogen-bond acceptors (Lipinski definition) is 5. The molecule has 0 aromatic heterocycles. The lowest BCUT2D eigenvalue weighted by Crippen LogP contribution is -2.36. The van der Waals surface area contributed by atoms with Gasteiger partial charge in [0.1, 0.15) is 11.5 Å². The van der Waals surface area contributed by atoms with Crippen LogP contribution in [0.1, 0.15) is 34.6 Å². The molecule has 0 radical (unpaired) electrons. The summed E-state index contributed by atoms with van der Waals surface area (Å²) in [6.07, 6.45) is 0.448. The normalized spacial score (nSPS) is 14.8. The Balaban J connectivity index is 1.66. The van der Waals surface area contributed by atoms with Crippen molar-refractivity contribution in [1.82, 2.24) is 4.31 Å². The number of benzene rings is 3. The van der Waals surface area contributed by atoms with E-state index in [-0.39, 0.29) is 23.8 Å². The Kier molecular flexibility index (Phi) is 6.90. The van der Waals surface area contributed by atoms with E-state index in [1.165, 1.54) is 11.4 Å². The third-order valence-corrected chi connectivity index (χ3v) is 8.10. The fraction of sp³-hybridized carbons (Fsp3) is 0.269. The van der Waals surface area contributed by atoms with Gasteiger partial charge in [-0.1, -0.05) is 30.3 Å². The molecule has 1 aliphatic rings. The van der Waals surface area contributed by atoms with Crippen molar-refractivity contribution >= 4 is 16.0 Å². The average Bonchev–Trinajstić information content (AvgIpc) is 2.86. The van der Waals surface area contributed by atoms with Gasteiger partial charge in [0.15, 0.2) is 0 Å². The van der Waals surface area contributed by atoms with Crippen LogP contribution in [0.15, 0.2) is 71.6 Å². The molecule has 0 aliphatic carbocycles. The van der Waals surface area contributed by atoms with Crippen LogP contribution in [0, 0.1) is 0 Å². The molecule has 178 valence electrons. The predicted octanol–water partition coefficient (Wildman–Crippen LogP) is 4.06. The zero-order valence-corrected chi connectivity index (χ0v) is 19.9. The number of sulfonamides is 1. The second-order valence-corrected chi connectivity index (χ2v) is 10.1. The minimum Gasteiger partial charge on any atom is -0.497 e. The van der Waals surface area contributed by atoms with Gasteiger partial charge in [-0.2, -0.15) is 4.31 Å². The molecule has 8 heteroatoms. The molecule has 0 spiro atoms. The van der Waals surface area contributed by atoms with E-state index < -0.39 is 16.0 Å². The minimum absolute atomic E-state index is 0.0589. The average molecular weight is 482 g/mol. The Hall–Kier alpha value is -3.36. The molecule has 34 heavy (non-hydrogen) atoms. The van der Waals surface area contributed by atoms with Crippen LogP contribution in [0.3, 0.4) is 0 Å². The lowest BCUT2D eigenvalue weighted by Gasteiger charge is -2.31. The van der Waals surface area contributed by atoms with Crippen molar-refractivity contribution in [2.24, 2.45) is 0 Å². The molecule has 1 N–H and O–H groups in total. The van der Waals surface area contributed by atoms with Gasteiger partial charge in [-0.15, -0.1) is 0 Å². The van der Waals surface area contributed by atoms with Gasteiger partial charge in [0.2, 0.25) is 10.0 Å².